The van der Waals surface area contributed by atoms with Gasteiger partial charge in [0.1, 0.15) is 6.26 Å². The van der Waals surface area contributed by atoms with E-state index in [1.54, 1.807) is 18.3 Å². The van der Waals surface area contributed by atoms with E-state index in [1.165, 1.54) is 18.2 Å². The number of carbonyl (C=O) groups excluding carboxylic acids is 2. The first-order valence-corrected chi connectivity index (χ1v) is 6.65. The summed E-state index contributed by atoms with van der Waals surface area (Å²) in [6.45, 7) is 7.06. The molecule has 2 rings (SSSR count). The van der Waals surface area contributed by atoms with Crippen LogP contribution in [0.25, 0.3) is 0 Å². The minimum absolute atomic E-state index is 0.254. The Bertz CT molecular complexity index is 627. The smallest absolute Gasteiger partial charge is 0.307 e. The van der Waals surface area contributed by atoms with Crippen molar-refractivity contribution in [3.05, 3.63) is 47.4 Å². The molecule has 5 nitrogen and oxygen atoms in total. The normalized spacial score (nSPS) is 18.1. The van der Waals surface area contributed by atoms with E-state index in [1.807, 2.05) is 32.9 Å². The van der Waals surface area contributed by atoms with E-state index >= 15 is 0 Å². The molecule has 110 valence electrons. The van der Waals surface area contributed by atoms with E-state index in [-0.39, 0.29) is 5.91 Å². The van der Waals surface area contributed by atoms with Crippen LogP contribution in [0.1, 0.15) is 36.7 Å². The summed E-state index contributed by atoms with van der Waals surface area (Å²) in [4.78, 5) is 23.5. The van der Waals surface area contributed by atoms with Crippen molar-refractivity contribution < 1.29 is 14.3 Å². The standard InChI is InChI=1S/C16H18N2O3/c1-11-5-7-13(8-6-11)15(20)18-14(9-21-12(2)19)16(3,4)10-17-18/h5-10H,1-4H3/b14-9+. The predicted molar refractivity (Wildman–Crippen MR) is 79.5 cm³/mol. The fourth-order valence-electron chi connectivity index (χ4n) is 1.92. The van der Waals surface area contributed by atoms with Crippen LogP contribution in [0.2, 0.25) is 0 Å². The van der Waals surface area contributed by atoms with E-state index in [0.29, 0.717) is 11.3 Å². The van der Waals surface area contributed by atoms with Gasteiger partial charge in [0.15, 0.2) is 0 Å². The van der Waals surface area contributed by atoms with Crippen molar-refractivity contribution in [1.82, 2.24) is 5.01 Å². The average molecular weight is 286 g/mol. The Labute approximate surface area is 123 Å². The number of carbonyl (C=O) groups is 2. The summed E-state index contributed by atoms with van der Waals surface area (Å²) in [5.41, 5.74) is 1.66. The third kappa shape index (κ3) is 3.18. The number of rotatable bonds is 2. The molecular formula is C16H18N2O3. The molecule has 1 amide bonds. The van der Waals surface area contributed by atoms with Crippen molar-refractivity contribution in [3.8, 4) is 0 Å². The first kappa shape index (κ1) is 15.0. The number of ether oxygens (including phenoxy) is 1. The molecule has 1 aromatic rings. The number of amides is 1. The van der Waals surface area contributed by atoms with E-state index in [9.17, 15) is 9.59 Å². The van der Waals surface area contributed by atoms with Crippen LogP contribution in [0, 0.1) is 12.3 Å². The van der Waals surface area contributed by atoms with Crippen molar-refractivity contribution in [3.63, 3.8) is 0 Å². The lowest BCUT2D eigenvalue weighted by Crippen LogP contribution is -2.27. The van der Waals surface area contributed by atoms with Gasteiger partial charge in [0.25, 0.3) is 5.91 Å². The largest absolute Gasteiger partial charge is 0.433 e. The van der Waals surface area contributed by atoms with Crippen LogP contribution in [0.15, 0.2) is 41.3 Å². The lowest BCUT2D eigenvalue weighted by molar-refractivity contribution is -0.135. The summed E-state index contributed by atoms with van der Waals surface area (Å²) in [5, 5.41) is 5.42. The van der Waals surface area contributed by atoms with Crippen LogP contribution in [0.4, 0.5) is 0 Å². The van der Waals surface area contributed by atoms with Gasteiger partial charge in [-0.1, -0.05) is 17.7 Å². The number of hydrogen-bond donors (Lipinski definition) is 0. The molecule has 0 bridgehead atoms. The third-order valence-electron chi connectivity index (χ3n) is 3.21. The van der Waals surface area contributed by atoms with Gasteiger partial charge < -0.3 is 4.74 Å². The van der Waals surface area contributed by atoms with Gasteiger partial charge in [0.2, 0.25) is 0 Å². The van der Waals surface area contributed by atoms with Gasteiger partial charge in [0, 0.05) is 24.1 Å². The second-order valence-electron chi connectivity index (χ2n) is 5.56. The van der Waals surface area contributed by atoms with E-state index < -0.39 is 11.4 Å². The molecule has 0 atom stereocenters. The predicted octanol–water partition coefficient (Wildman–Crippen LogP) is 2.87. The van der Waals surface area contributed by atoms with Crippen molar-refractivity contribution in [2.75, 3.05) is 0 Å². The minimum Gasteiger partial charge on any atom is -0.433 e. The third-order valence-corrected chi connectivity index (χ3v) is 3.21. The molecule has 1 aliphatic rings. The number of hydrazone groups is 1. The molecule has 0 radical (unpaired) electrons. The molecule has 0 unspecified atom stereocenters. The molecule has 0 N–H and O–H groups in total. The number of aryl methyl sites for hydroxylation is 1. The van der Waals surface area contributed by atoms with Gasteiger partial charge in [-0.25, -0.2) is 0 Å². The van der Waals surface area contributed by atoms with Crippen molar-refractivity contribution in [1.29, 1.82) is 0 Å². The Morgan fingerprint density at radius 1 is 1.24 bits per heavy atom. The summed E-state index contributed by atoms with van der Waals surface area (Å²) < 4.78 is 4.92. The van der Waals surface area contributed by atoms with Gasteiger partial charge in [-0.3, -0.25) is 9.59 Å². The van der Waals surface area contributed by atoms with Gasteiger partial charge in [-0.05, 0) is 32.9 Å². The van der Waals surface area contributed by atoms with E-state index in [2.05, 4.69) is 5.10 Å². The fourth-order valence-corrected chi connectivity index (χ4v) is 1.92. The monoisotopic (exact) mass is 286 g/mol. The summed E-state index contributed by atoms with van der Waals surface area (Å²) in [5.74, 6) is -0.692. The SMILES string of the molecule is CC(=O)O/C=C1/N(C(=O)c2ccc(C)cc2)N=CC1(C)C. The highest BCUT2D eigenvalue weighted by Gasteiger charge is 2.36. The molecule has 1 heterocycles. The molecular weight excluding hydrogens is 268 g/mol. The maximum absolute atomic E-state index is 12.5. The maximum atomic E-state index is 12.5. The van der Waals surface area contributed by atoms with Crippen molar-refractivity contribution >= 4 is 18.1 Å². The zero-order valence-corrected chi connectivity index (χ0v) is 12.6. The molecule has 0 fully saturated rings. The fraction of sp³-hybridized carbons (Fsp3) is 0.312. The maximum Gasteiger partial charge on any atom is 0.307 e. The van der Waals surface area contributed by atoms with Crippen molar-refractivity contribution in [2.24, 2.45) is 10.5 Å². The highest BCUT2D eigenvalue weighted by Crippen LogP contribution is 2.34. The quantitative estimate of drug-likeness (QED) is 0.620. The van der Waals surface area contributed by atoms with Crippen LogP contribution < -0.4 is 0 Å². The number of allylic oxidation sites excluding steroid dienone is 1. The van der Waals surface area contributed by atoms with Gasteiger partial charge in [-0.2, -0.15) is 10.1 Å². The summed E-state index contributed by atoms with van der Waals surface area (Å²) in [6.07, 6.45) is 2.95. The van der Waals surface area contributed by atoms with Crippen molar-refractivity contribution in [2.45, 2.75) is 27.7 Å². The average Bonchev–Trinajstić information content (AvgIpc) is 2.71. The van der Waals surface area contributed by atoms with Crippen LogP contribution in [-0.4, -0.2) is 23.1 Å². The van der Waals surface area contributed by atoms with Gasteiger partial charge in [-0.15, -0.1) is 0 Å². The topological polar surface area (TPSA) is 59.0 Å². The molecule has 0 saturated heterocycles. The Hall–Kier alpha value is -2.43. The number of benzene rings is 1. The lowest BCUT2D eigenvalue weighted by atomic mass is 9.92. The molecule has 0 aliphatic carbocycles. The van der Waals surface area contributed by atoms with Gasteiger partial charge in [0.05, 0.1) is 5.70 Å². The lowest BCUT2D eigenvalue weighted by Gasteiger charge is -2.22. The molecule has 0 aromatic heterocycles. The minimum atomic E-state index is -0.476. The number of hydrogen-bond acceptors (Lipinski definition) is 4. The molecule has 1 aromatic carbocycles. The second kappa shape index (κ2) is 5.52. The van der Waals surface area contributed by atoms with Gasteiger partial charge >= 0.3 is 5.97 Å². The first-order chi connectivity index (χ1) is 9.81. The highest BCUT2D eigenvalue weighted by molar-refractivity contribution is 5.97. The van der Waals surface area contributed by atoms with Crippen LogP contribution in [-0.2, 0) is 9.53 Å². The highest BCUT2D eigenvalue weighted by atomic mass is 16.5. The second-order valence-corrected chi connectivity index (χ2v) is 5.56. The van der Waals surface area contributed by atoms with Crippen LogP contribution in [0.5, 0.6) is 0 Å². The zero-order chi connectivity index (χ0) is 15.6. The summed E-state index contributed by atoms with van der Waals surface area (Å²) in [6, 6.07) is 7.24. The van der Waals surface area contributed by atoms with Crippen LogP contribution >= 0.6 is 0 Å². The Morgan fingerprint density at radius 2 is 1.86 bits per heavy atom. The zero-order valence-electron chi connectivity index (χ0n) is 12.6. The summed E-state index contributed by atoms with van der Waals surface area (Å²) >= 11 is 0. The Kier molecular flexibility index (Phi) is 3.93. The molecule has 21 heavy (non-hydrogen) atoms. The molecule has 0 spiro atoms. The van der Waals surface area contributed by atoms with E-state index in [0.717, 1.165) is 5.56 Å². The molecule has 0 saturated carbocycles. The molecule has 1 aliphatic heterocycles. The number of nitrogens with zero attached hydrogens (tertiary/aromatic N) is 2. The number of esters is 1. The van der Waals surface area contributed by atoms with Crippen LogP contribution in [0.3, 0.4) is 0 Å². The Morgan fingerprint density at radius 3 is 2.43 bits per heavy atom. The molecule has 5 heteroatoms. The van der Waals surface area contributed by atoms with E-state index in [4.69, 9.17) is 4.74 Å². The Balaban J connectivity index is 2.31. The first-order valence-electron chi connectivity index (χ1n) is 6.65. The summed E-state index contributed by atoms with van der Waals surface area (Å²) in [7, 11) is 0.